The number of hydrogen-bond acceptors (Lipinski definition) is 2. The minimum Gasteiger partial charge on any atom is -0.521 e. The molecule has 0 saturated carbocycles. The third kappa shape index (κ3) is 12.3. The van der Waals surface area contributed by atoms with Crippen LogP contribution in [0.15, 0.2) is 19.2 Å². The predicted octanol–water partition coefficient (Wildman–Crippen LogP) is 2.33. The Kier molecular flexibility index (Phi) is 19.9. The fraction of sp³-hybridized carbons (Fsp3) is 0.545. The van der Waals surface area contributed by atoms with Crippen LogP contribution in [-0.4, -0.2) is 16.5 Å². The van der Waals surface area contributed by atoms with Crippen molar-refractivity contribution in [1.82, 2.24) is 0 Å². The quantitative estimate of drug-likeness (QED) is 0.357. The zero-order valence-electron chi connectivity index (χ0n) is 8.85. The minimum absolute atomic E-state index is 0. The van der Waals surface area contributed by atoms with Crippen molar-refractivity contribution < 1.29 is 50.0 Å². The molecule has 0 N–H and O–H groups in total. The van der Waals surface area contributed by atoms with Crippen LogP contribution in [0.5, 0.6) is 0 Å². The first-order valence-corrected chi connectivity index (χ1v) is 5.45. The van der Waals surface area contributed by atoms with Gasteiger partial charge in [-0.3, -0.25) is 6.58 Å². The average Bonchev–Trinajstić information content (AvgIpc) is 2.23. The Morgan fingerprint density at radius 2 is 2.00 bits per heavy atom. The summed E-state index contributed by atoms with van der Waals surface area (Å²) in [4.78, 5) is 8.67. The normalized spacial score (nSPS) is 22.6. The summed E-state index contributed by atoms with van der Waals surface area (Å²) in [6.07, 6.45) is 5.54. The van der Waals surface area contributed by atoms with Gasteiger partial charge < -0.3 is 11.3 Å². The van der Waals surface area contributed by atoms with Gasteiger partial charge in [-0.25, -0.2) is 0 Å². The summed E-state index contributed by atoms with van der Waals surface area (Å²) in [5.74, 6) is 0. The van der Waals surface area contributed by atoms with E-state index in [-0.39, 0.29) is 26.7 Å². The van der Waals surface area contributed by atoms with E-state index in [1.807, 2.05) is 6.08 Å². The van der Waals surface area contributed by atoms with Crippen molar-refractivity contribution in [2.45, 2.75) is 31.8 Å². The average molecular weight is 571 g/mol. The van der Waals surface area contributed by atoms with Gasteiger partial charge in [-0.05, 0) is 26.2 Å². The van der Waals surface area contributed by atoms with Crippen LogP contribution in [0.4, 0.5) is 0 Å². The Balaban J connectivity index is -0.000000209. The Hall–Kier alpha value is 0.397. The van der Waals surface area contributed by atoms with E-state index in [9.17, 15) is 0 Å². The number of hydrogen-bond donors (Lipinski definition) is 0. The molecule has 0 aromatic rings. The van der Waals surface area contributed by atoms with Gasteiger partial charge >= 0.3 is 28.4 Å². The van der Waals surface area contributed by atoms with E-state index in [4.69, 9.17) is 9.53 Å². The standard InChI is InChI=1S/C8H14O.C2H3.CO.2Pt/c1-3-8(2)6-4-5-7-9-8;2*1-2;;/h3H,1,4-7H2,2H3;1H,2H2;;;/q;-1;;;. The summed E-state index contributed by atoms with van der Waals surface area (Å²) in [6, 6.07) is 0. The topological polar surface area (TPSA) is 26.3 Å². The first kappa shape index (κ1) is 20.8. The molecule has 1 fully saturated rings. The van der Waals surface area contributed by atoms with Crippen LogP contribution in [0.25, 0.3) is 0 Å². The minimum atomic E-state index is -0.0156. The monoisotopic (exact) mass is 571 g/mol. The van der Waals surface area contributed by atoms with Crippen molar-refractivity contribution in [1.29, 1.82) is 0 Å². The Morgan fingerprint density at radius 3 is 2.20 bits per heavy atom. The van der Waals surface area contributed by atoms with Crippen LogP contribution in [0.3, 0.4) is 0 Å². The van der Waals surface area contributed by atoms with E-state index in [2.05, 4.69) is 26.7 Å². The fourth-order valence-corrected chi connectivity index (χ4v) is 1.12. The maximum absolute atomic E-state index is 8.67. The number of rotatable bonds is 1. The maximum Gasteiger partial charge on any atom is 0 e. The van der Waals surface area contributed by atoms with Crippen LogP contribution in [-0.2, 0) is 50.0 Å². The Bertz CT molecular complexity index is 181. The maximum atomic E-state index is 8.67. The molecule has 1 aliphatic rings. The van der Waals surface area contributed by atoms with E-state index in [1.54, 1.807) is 0 Å². The third-order valence-corrected chi connectivity index (χ3v) is 1.93. The smallest absolute Gasteiger partial charge is 0 e. The third-order valence-electron chi connectivity index (χ3n) is 1.93. The molecule has 2 nitrogen and oxygen atoms in total. The van der Waals surface area contributed by atoms with Crippen molar-refractivity contribution in [3.63, 3.8) is 0 Å². The van der Waals surface area contributed by atoms with E-state index >= 15 is 0 Å². The molecule has 0 aromatic carbocycles. The largest absolute Gasteiger partial charge is 0.521 e. The second-order valence-corrected chi connectivity index (χ2v) is 3.35. The molecule has 0 aliphatic carbocycles. The first-order valence-electron chi connectivity index (χ1n) is 4.31. The van der Waals surface area contributed by atoms with Gasteiger partial charge in [-0.15, -0.1) is 6.58 Å². The van der Waals surface area contributed by atoms with Gasteiger partial charge in [0.1, 0.15) is 0 Å². The molecule has 0 bridgehead atoms. The van der Waals surface area contributed by atoms with Gasteiger partial charge in [0.2, 0.25) is 0 Å². The van der Waals surface area contributed by atoms with Gasteiger partial charge in [0.25, 0.3) is 0 Å². The Labute approximate surface area is 118 Å². The van der Waals surface area contributed by atoms with E-state index in [0.717, 1.165) is 13.0 Å². The molecule has 1 heterocycles. The molecule has 1 rings (SSSR count). The molecule has 1 saturated heterocycles. The predicted molar refractivity (Wildman–Crippen MR) is 54.0 cm³/mol. The van der Waals surface area contributed by atoms with Crippen molar-refractivity contribution in [2.24, 2.45) is 0 Å². The molecule has 0 amide bonds. The number of ether oxygens (including phenoxy) is 1. The molecular weight excluding hydrogens is 554 g/mol. The van der Waals surface area contributed by atoms with Gasteiger partial charge in [-0.2, -0.15) is 0 Å². The zero-order valence-corrected chi connectivity index (χ0v) is 13.4. The summed E-state index contributed by atoms with van der Waals surface area (Å²) < 4.78 is 6.97. The Morgan fingerprint density at radius 1 is 1.53 bits per heavy atom. The molecule has 4 heteroatoms. The van der Waals surface area contributed by atoms with Gasteiger partial charge in [0, 0.05) is 27.7 Å². The molecule has 94 valence electrons. The van der Waals surface area contributed by atoms with E-state index < -0.39 is 0 Å². The number of carbonyl (C=O) groups excluding carboxylic acids is 1. The summed E-state index contributed by atoms with van der Waals surface area (Å²) in [5.41, 5.74) is -0.0156. The first-order chi connectivity index (χ1) is 6.68. The fourth-order valence-electron chi connectivity index (χ4n) is 1.12. The van der Waals surface area contributed by atoms with Crippen LogP contribution in [0.1, 0.15) is 26.2 Å². The molecule has 0 spiro atoms. The van der Waals surface area contributed by atoms with Gasteiger partial charge in [0.05, 0.1) is 5.60 Å². The van der Waals surface area contributed by atoms with Crippen LogP contribution in [0.2, 0.25) is 0 Å². The molecule has 1 atom stereocenters. The van der Waals surface area contributed by atoms with E-state index in [0.29, 0.717) is 0 Å². The molecule has 1 aliphatic heterocycles. The molecular formula is C11H17O2Pt2-. The summed E-state index contributed by atoms with van der Waals surface area (Å²) in [6.45, 7) is 13.7. The van der Waals surface area contributed by atoms with Gasteiger partial charge in [-0.1, -0.05) is 6.08 Å². The van der Waals surface area contributed by atoms with Crippen molar-refractivity contribution in [3.8, 4) is 0 Å². The second-order valence-electron chi connectivity index (χ2n) is 2.89. The van der Waals surface area contributed by atoms with Crippen molar-refractivity contribution >= 4 is 4.27 Å². The van der Waals surface area contributed by atoms with E-state index in [1.165, 1.54) is 36.5 Å². The zero-order chi connectivity index (χ0) is 11.4. The SMILES string of the molecule is C=CC1(C)CCCCO1.O=[C]=[Pt].[CH-]=C.[Pt]. The molecule has 1 unspecified atom stereocenters. The van der Waals surface area contributed by atoms with Gasteiger partial charge in [0.15, 0.2) is 0 Å². The summed E-state index contributed by atoms with van der Waals surface area (Å²) >= 11 is 1.47. The summed E-state index contributed by atoms with van der Waals surface area (Å²) in [7, 11) is 0. The molecule has 0 aromatic heterocycles. The van der Waals surface area contributed by atoms with Crippen LogP contribution < -0.4 is 0 Å². The van der Waals surface area contributed by atoms with Crippen molar-refractivity contribution in [3.05, 3.63) is 25.8 Å². The van der Waals surface area contributed by atoms with Crippen molar-refractivity contribution in [2.75, 3.05) is 6.61 Å². The molecule has 0 radical (unpaired) electrons. The second kappa shape index (κ2) is 14.4. The van der Waals surface area contributed by atoms with Crippen LogP contribution in [0, 0.1) is 6.58 Å². The van der Waals surface area contributed by atoms with Crippen LogP contribution >= 0.6 is 0 Å². The summed E-state index contributed by atoms with van der Waals surface area (Å²) in [5, 5.41) is 0. The molecule has 15 heavy (non-hydrogen) atoms.